The average molecular weight is 448 g/mol. The van der Waals surface area contributed by atoms with Crippen LogP contribution < -0.4 is 0 Å². The van der Waals surface area contributed by atoms with Crippen molar-refractivity contribution in [2.45, 2.75) is 33.1 Å². The Labute approximate surface area is 197 Å². The maximum atomic E-state index is 6.48. The summed E-state index contributed by atoms with van der Waals surface area (Å²) in [5.74, 6) is 0.879. The Balaban J connectivity index is 1.55. The van der Waals surface area contributed by atoms with E-state index in [0.717, 1.165) is 33.6 Å². The standard InChI is InChI=1S/C30H25NOS/c1-18-13-21-10-9-20(17-27(21)33-18)26-16-22-11-12-31-28(29(22)32-26)23-14-19-7-5-6-8-24(19)25(15-23)30(2,3)4/h5-17H,1-4H3. The minimum absolute atomic E-state index is 0.0199. The van der Waals surface area contributed by atoms with Gasteiger partial charge in [0, 0.05) is 32.3 Å². The number of aryl methyl sites for hydroxylation is 1. The molecule has 0 spiro atoms. The predicted octanol–water partition coefficient (Wildman–Crippen LogP) is 9.14. The molecule has 0 aliphatic carbocycles. The Bertz CT molecular complexity index is 1660. The van der Waals surface area contributed by atoms with Crippen molar-refractivity contribution in [3.05, 3.63) is 89.4 Å². The highest BCUT2D eigenvalue weighted by atomic mass is 32.1. The third-order valence-corrected chi connectivity index (χ3v) is 7.32. The van der Waals surface area contributed by atoms with Crippen molar-refractivity contribution in [3.63, 3.8) is 0 Å². The Morgan fingerprint density at radius 2 is 1.64 bits per heavy atom. The number of rotatable bonds is 2. The summed E-state index contributed by atoms with van der Waals surface area (Å²) >= 11 is 1.82. The van der Waals surface area contributed by atoms with Crippen LogP contribution in [0.2, 0.25) is 0 Å². The van der Waals surface area contributed by atoms with E-state index in [4.69, 9.17) is 9.40 Å². The van der Waals surface area contributed by atoms with Crippen LogP contribution in [-0.2, 0) is 5.41 Å². The van der Waals surface area contributed by atoms with E-state index in [9.17, 15) is 0 Å². The summed E-state index contributed by atoms with van der Waals surface area (Å²) < 4.78 is 7.76. The molecule has 2 nitrogen and oxygen atoms in total. The van der Waals surface area contributed by atoms with Gasteiger partial charge in [-0.2, -0.15) is 0 Å². The molecule has 0 bridgehead atoms. The van der Waals surface area contributed by atoms with Crippen LogP contribution >= 0.6 is 11.3 Å². The van der Waals surface area contributed by atoms with Gasteiger partial charge in [-0.15, -0.1) is 11.3 Å². The van der Waals surface area contributed by atoms with Gasteiger partial charge in [0.15, 0.2) is 5.58 Å². The molecular weight excluding hydrogens is 422 g/mol. The highest BCUT2D eigenvalue weighted by molar-refractivity contribution is 7.19. The van der Waals surface area contributed by atoms with Crippen molar-refractivity contribution >= 4 is 43.2 Å². The molecule has 6 aromatic rings. The number of furan rings is 1. The second kappa shape index (κ2) is 7.29. The Kier molecular flexibility index (Phi) is 4.46. The van der Waals surface area contributed by atoms with Gasteiger partial charge in [0.2, 0.25) is 0 Å². The first-order chi connectivity index (χ1) is 15.9. The molecule has 0 fully saturated rings. The smallest absolute Gasteiger partial charge is 0.161 e. The van der Waals surface area contributed by atoms with Crippen molar-refractivity contribution in [3.8, 4) is 22.6 Å². The van der Waals surface area contributed by atoms with Crippen LogP contribution in [0.5, 0.6) is 0 Å². The molecule has 0 aliphatic rings. The van der Waals surface area contributed by atoms with Crippen molar-refractivity contribution in [2.75, 3.05) is 0 Å². The van der Waals surface area contributed by atoms with Crippen LogP contribution in [0, 0.1) is 6.92 Å². The summed E-state index contributed by atoms with van der Waals surface area (Å²) in [6, 6.07) is 26.1. The summed E-state index contributed by atoms with van der Waals surface area (Å²) in [6.45, 7) is 8.94. The molecule has 3 heteroatoms. The fraction of sp³-hybridized carbons (Fsp3) is 0.167. The monoisotopic (exact) mass is 447 g/mol. The Hall–Kier alpha value is -3.43. The molecule has 0 radical (unpaired) electrons. The summed E-state index contributed by atoms with van der Waals surface area (Å²) in [7, 11) is 0. The third-order valence-electron chi connectivity index (χ3n) is 6.30. The van der Waals surface area contributed by atoms with Crippen molar-refractivity contribution in [1.29, 1.82) is 0 Å². The van der Waals surface area contributed by atoms with Gasteiger partial charge in [0.25, 0.3) is 0 Å². The number of thiophene rings is 1. The third kappa shape index (κ3) is 3.44. The number of hydrogen-bond acceptors (Lipinski definition) is 3. The number of fused-ring (bicyclic) bond motifs is 3. The van der Waals surface area contributed by atoms with E-state index in [1.54, 1.807) is 0 Å². The zero-order valence-corrected chi connectivity index (χ0v) is 20.1. The van der Waals surface area contributed by atoms with Crippen LogP contribution in [0.3, 0.4) is 0 Å². The first kappa shape index (κ1) is 20.2. The van der Waals surface area contributed by atoms with E-state index in [2.05, 4.69) is 94.4 Å². The molecular formula is C30H25NOS. The van der Waals surface area contributed by atoms with Crippen LogP contribution in [0.25, 0.3) is 54.4 Å². The first-order valence-electron chi connectivity index (χ1n) is 11.3. The van der Waals surface area contributed by atoms with E-state index in [1.807, 2.05) is 23.6 Å². The van der Waals surface area contributed by atoms with Gasteiger partial charge in [-0.25, -0.2) is 0 Å². The minimum Gasteiger partial charge on any atom is -0.454 e. The predicted molar refractivity (Wildman–Crippen MR) is 141 cm³/mol. The molecule has 0 saturated heterocycles. The zero-order valence-electron chi connectivity index (χ0n) is 19.3. The lowest BCUT2D eigenvalue weighted by Gasteiger charge is -2.22. The lowest BCUT2D eigenvalue weighted by atomic mass is 9.82. The van der Waals surface area contributed by atoms with Gasteiger partial charge in [0.05, 0.1) is 0 Å². The maximum Gasteiger partial charge on any atom is 0.161 e. The largest absolute Gasteiger partial charge is 0.454 e. The molecule has 3 aromatic carbocycles. The van der Waals surface area contributed by atoms with Gasteiger partial charge >= 0.3 is 0 Å². The van der Waals surface area contributed by atoms with Crippen LogP contribution in [-0.4, -0.2) is 4.98 Å². The SMILES string of the molecule is Cc1cc2ccc(-c3cc4ccnc(-c5cc(C(C)(C)C)c6ccccc6c5)c4o3)cc2s1. The number of aromatic nitrogens is 1. The topological polar surface area (TPSA) is 26.0 Å². The summed E-state index contributed by atoms with van der Waals surface area (Å²) in [6.07, 6.45) is 1.88. The average Bonchev–Trinajstić information content (AvgIpc) is 3.39. The molecule has 162 valence electrons. The normalized spacial score (nSPS) is 12.2. The fourth-order valence-corrected chi connectivity index (χ4v) is 5.66. The van der Waals surface area contributed by atoms with Gasteiger partial charge in [-0.3, -0.25) is 4.98 Å². The summed E-state index contributed by atoms with van der Waals surface area (Å²) in [5, 5.41) is 4.87. The van der Waals surface area contributed by atoms with Crippen LogP contribution in [0.4, 0.5) is 0 Å². The van der Waals surface area contributed by atoms with Crippen LogP contribution in [0.15, 0.2) is 83.4 Å². The zero-order chi connectivity index (χ0) is 22.7. The quantitative estimate of drug-likeness (QED) is 0.264. The molecule has 0 aliphatic heterocycles. The molecule has 33 heavy (non-hydrogen) atoms. The number of nitrogens with zero attached hydrogens (tertiary/aromatic N) is 1. The van der Waals surface area contributed by atoms with Crippen LogP contribution in [0.1, 0.15) is 31.2 Å². The molecule has 3 heterocycles. The number of pyridine rings is 1. The fourth-order valence-electron chi connectivity index (χ4n) is 4.70. The van der Waals surface area contributed by atoms with Gasteiger partial charge in [-0.1, -0.05) is 57.2 Å². The maximum absolute atomic E-state index is 6.48. The molecule has 0 unspecified atom stereocenters. The molecule has 0 saturated carbocycles. The summed E-state index contributed by atoms with van der Waals surface area (Å²) in [4.78, 5) is 6.10. The van der Waals surface area contributed by atoms with Gasteiger partial charge in [-0.05, 0) is 70.5 Å². The number of benzene rings is 3. The molecule has 3 aromatic heterocycles. The Morgan fingerprint density at radius 1 is 0.788 bits per heavy atom. The van der Waals surface area contributed by atoms with Crippen molar-refractivity contribution in [1.82, 2.24) is 4.98 Å². The van der Waals surface area contributed by atoms with E-state index < -0.39 is 0 Å². The van der Waals surface area contributed by atoms with Crippen molar-refractivity contribution < 1.29 is 4.42 Å². The molecule has 0 amide bonds. The minimum atomic E-state index is 0.0199. The lowest BCUT2D eigenvalue weighted by molar-refractivity contribution is 0.596. The van der Waals surface area contributed by atoms with Gasteiger partial charge < -0.3 is 4.42 Å². The summed E-state index contributed by atoms with van der Waals surface area (Å²) in [5.41, 5.74) is 5.26. The van der Waals surface area contributed by atoms with E-state index in [1.165, 1.54) is 31.3 Å². The second-order valence-electron chi connectivity index (χ2n) is 9.79. The number of hydrogen-bond donors (Lipinski definition) is 0. The van der Waals surface area contributed by atoms with Gasteiger partial charge in [0.1, 0.15) is 11.5 Å². The Morgan fingerprint density at radius 3 is 2.48 bits per heavy atom. The lowest BCUT2D eigenvalue weighted by Crippen LogP contribution is -2.12. The highest BCUT2D eigenvalue weighted by Crippen LogP contribution is 2.39. The van der Waals surface area contributed by atoms with E-state index in [0.29, 0.717) is 0 Å². The van der Waals surface area contributed by atoms with E-state index in [-0.39, 0.29) is 5.41 Å². The molecule has 6 rings (SSSR count). The highest BCUT2D eigenvalue weighted by Gasteiger charge is 2.20. The second-order valence-corrected chi connectivity index (χ2v) is 11.1. The molecule has 0 N–H and O–H groups in total. The van der Waals surface area contributed by atoms with E-state index >= 15 is 0 Å². The van der Waals surface area contributed by atoms with Crippen molar-refractivity contribution in [2.24, 2.45) is 0 Å². The molecule has 0 atom stereocenters. The first-order valence-corrected chi connectivity index (χ1v) is 12.1.